The maximum Gasteiger partial charge on any atom is 0.315 e. The SMILES string of the molecule is CC[C@@H]1[C@@H](C(=O)NC(CC2CC2)C(=O)C(N)=O)N(C(=O)[C@@H](NC(=O)N[C@H](CN(C)S(C)(=O)=O)C(C)(C)C)C2(C)CCCCC2)C[C@@H]1C1(C)CC1. The molecule has 4 rings (SSSR count). The first-order valence-electron chi connectivity index (χ1n) is 18.5. The molecule has 5 amide bonds. The molecule has 1 aliphatic heterocycles. The molecule has 0 radical (unpaired) electrons. The minimum absolute atomic E-state index is 0.0225. The quantitative estimate of drug-likeness (QED) is 0.187. The minimum Gasteiger partial charge on any atom is -0.363 e. The van der Waals surface area contributed by atoms with Gasteiger partial charge in [0.25, 0.3) is 5.91 Å². The van der Waals surface area contributed by atoms with E-state index in [0.29, 0.717) is 32.2 Å². The Labute approximate surface area is 299 Å². The van der Waals surface area contributed by atoms with Crippen molar-refractivity contribution in [2.75, 3.05) is 26.4 Å². The summed E-state index contributed by atoms with van der Waals surface area (Å²) in [6.45, 7) is 12.4. The number of ketones is 1. The maximum atomic E-state index is 15.0. The standard InChI is InChI=1S/C36H62N6O7S/c1-9-23-24(35(5)17-18-35)20-42(27(23)31(45)38-25(19-22-13-14-22)28(43)30(37)44)32(46)29(36(6)15-11-10-12-16-36)40-33(47)39-26(34(2,3)4)21-41(7)50(8,48)49/h22-27,29H,9-21H2,1-8H3,(H2,37,44)(H,38,45)(H2,39,40,47)/t23-,24-,25?,26+,27-,29+/m0/s1. The molecule has 0 spiro atoms. The van der Waals surface area contributed by atoms with Gasteiger partial charge in [0.15, 0.2) is 0 Å². The number of amides is 5. The number of rotatable bonds is 15. The number of hydrogen-bond acceptors (Lipinski definition) is 7. The largest absolute Gasteiger partial charge is 0.363 e. The highest BCUT2D eigenvalue weighted by atomic mass is 32.2. The van der Waals surface area contributed by atoms with E-state index in [4.69, 9.17) is 5.73 Å². The van der Waals surface area contributed by atoms with Crippen molar-refractivity contribution in [1.82, 2.24) is 25.2 Å². The first-order valence-corrected chi connectivity index (χ1v) is 20.4. The number of urea groups is 1. The molecule has 3 aliphatic carbocycles. The van der Waals surface area contributed by atoms with E-state index in [1.54, 1.807) is 4.90 Å². The summed E-state index contributed by atoms with van der Waals surface area (Å²) in [5, 5.41) is 8.87. The van der Waals surface area contributed by atoms with E-state index in [0.717, 1.165) is 51.2 Å². The van der Waals surface area contributed by atoms with Crippen molar-refractivity contribution < 1.29 is 32.4 Å². The molecule has 284 valence electrons. The molecular formula is C36H62N6O7S. The van der Waals surface area contributed by atoms with E-state index in [2.05, 4.69) is 22.9 Å². The predicted octanol–water partition coefficient (Wildman–Crippen LogP) is 2.92. The number of likely N-dealkylation sites (tertiary alicyclic amines) is 1. The van der Waals surface area contributed by atoms with Gasteiger partial charge in [-0.3, -0.25) is 19.2 Å². The zero-order valence-corrected chi connectivity index (χ0v) is 32.3. The molecule has 0 aromatic heterocycles. The van der Waals surface area contributed by atoms with Crippen molar-refractivity contribution in [3.05, 3.63) is 0 Å². The molecule has 4 fully saturated rings. The van der Waals surface area contributed by atoms with Gasteiger partial charge in [-0.15, -0.1) is 0 Å². The van der Waals surface area contributed by atoms with Crippen LogP contribution in [-0.2, 0) is 29.2 Å². The summed E-state index contributed by atoms with van der Waals surface area (Å²) in [6, 6.07) is -4.04. The van der Waals surface area contributed by atoms with Crippen molar-refractivity contribution in [3.8, 4) is 0 Å². The van der Waals surface area contributed by atoms with Crippen molar-refractivity contribution in [2.24, 2.45) is 39.7 Å². The smallest absolute Gasteiger partial charge is 0.315 e. The Morgan fingerprint density at radius 1 is 0.960 bits per heavy atom. The molecule has 14 heteroatoms. The summed E-state index contributed by atoms with van der Waals surface area (Å²) in [6.07, 6.45) is 10.1. The average Bonchev–Trinajstić information content (AvgIpc) is 3.95. The molecule has 50 heavy (non-hydrogen) atoms. The lowest BCUT2D eigenvalue weighted by atomic mass is 9.70. The number of primary amides is 1. The second-order valence-corrected chi connectivity index (χ2v) is 19.6. The van der Waals surface area contributed by atoms with Gasteiger partial charge in [-0.25, -0.2) is 17.5 Å². The summed E-state index contributed by atoms with van der Waals surface area (Å²) >= 11 is 0. The highest BCUT2D eigenvalue weighted by molar-refractivity contribution is 7.88. The monoisotopic (exact) mass is 722 g/mol. The van der Waals surface area contributed by atoms with E-state index in [9.17, 15) is 27.6 Å². The molecule has 0 bridgehead atoms. The van der Waals surface area contributed by atoms with E-state index in [1.165, 1.54) is 11.4 Å². The third-order valence-electron chi connectivity index (χ3n) is 12.3. The van der Waals surface area contributed by atoms with Crippen LogP contribution in [0.25, 0.3) is 0 Å². The van der Waals surface area contributed by atoms with Gasteiger partial charge in [-0.1, -0.05) is 80.1 Å². The molecule has 1 saturated heterocycles. The van der Waals surface area contributed by atoms with Crippen molar-refractivity contribution in [2.45, 2.75) is 136 Å². The third-order valence-corrected chi connectivity index (χ3v) is 13.6. The second-order valence-electron chi connectivity index (χ2n) is 17.5. The molecule has 0 aromatic carbocycles. The summed E-state index contributed by atoms with van der Waals surface area (Å²) in [5.74, 6) is -2.63. The Kier molecular flexibility index (Phi) is 12.1. The fourth-order valence-corrected chi connectivity index (χ4v) is 8.66. The number of carbonyl (C=O) groups is 5. The van der Waals surface area contributed by atoms with Crippen LogP contribution in [0, 0.1) is 34.0 Å². The van der Waals surface area contributed by atoms with E-state index < -0.39 is 68.6 Å². The predicted molar refractivity (Wildman–Crippen MR) is 191 cm³/mol. The third kappa shape index (κ3) is 9.37. The molecule has 0 aromatic rings. The second kappa shape index (κ2) is 15.1. The normalized spacial score (nSPS) is 26.4. The molecular weight excluding hydrogens is 660 g/mol. The van der Waals surface area contributed by atoms with Crippen LogP contribution in [0.2, 0.25) is 0 Å². The Morgan fingerprint density at radius 3 is 2.04 bits per heavy atom. The van der Waals surface area contributed by atoms with Crippen molar-refractivity contribution >= 4 is 39.6 Å². The summed E-state index contributed by atoms with van der Waals surface area (Å²) in [5.41, 5.74) is 4.27. The lowest BCUT2D eigenvalue weighted by molar-refractivity contribution is -0.145. The van der Waals surface area contributed by atoms with Gasteiger partial charge in [0.05, 0.1) is 12.3 Å². The molecule has 5 N–H and O–H groups in total. The highest BCUT2D eigenvalue weighted by Crippen LogP contribution is 2.58. The van der Waals surface area contributed by atoms with Crippen LogP contribution in [0.1, 0.15) is 112 Å². The fraction of sp³-hybridized carbons (Fsp3) is 0.861. The summed E-state index contributed by atoms with van der Waals surface area (Å²) < 4.78 is 25.7. The van der Waals surface area contributed by atoms with E-state index >= 15 is 4.79 Å². The molecule has 4 aliphatic rings. The molecule has 6 atom stereocenters. The molecule has 3 saturated carbocycles. The van der Waals surface area contributed by atoms with Crippen LogP contribution in [0.5, 0.6) is 0 Å². The number of nitrogens with one attached hydrogen (secondary N) is 3. The molecule has 13 nitrogen and oxygen atoms in total. The zero-order valence-electron chi connectivity index (χ0n) is 31.5. The maximum absolute atomic E-state index is 15.0. The Balaban J connectivity index is 1.67. The minimum atomic E-state index is -3.51. The van der Waals surface area contributed by atoms with Gasteiger partial charge in [-0.2, -0.15) is 0 Å². The number of nitrogens with two attached hydrogens (primary N) is 1. The Hall–Kier alpha value is -2.74. The number of hydrogen-bond donors (Lipinski definition) is 4. The molecule has 1 unspecified atom stereocenters. The van der Waals surface area contributed by atoms with Gasteiger partial charge < -0.3 is 26.6 Å². The average molecular weight is 723 g/mol. The molecule has 1 heterocycles. The van der Waals surface area contributed by atoms with E-state index in [1.807, 2.05) is 34.6 Å². The number of carbonyl (C=O) groups excluding carboxylic acids is 5. The number of sulfonamides is 1. The fourth-order valence-electron chi connectivity index (χ4n) is 8.24. The van der Waals surface area contributed by atoms with Gasteiger partial charge in [0.2, 0.25) is 27.6 Å². The number of Topliss-reactive ketones (excluding diaryl/α,β-unsaturated/α-hetero) is 1. The van der Waals surface area contributed by atoms with Crippen LogP contribution >= 0.6 is 0 Å². The van der Waals surface area contributed by atoms with Crippen LogP contribution in [0.4, 0.5) is 4.79 Å². The number of likely N-dealkylation sites (N-methyl/N-ethyl adjacent to an activating group) is 1. The Morgan fingerprint density at radius 2 is 1.56 bits per heavy atom. The van der Waals surface area contributed by atoms with Crippen molar-refractivity contribution in [3.63, 3.8) is 0 Å². The van der Waals surface area contributed by atoms with Gasteiger partial charge in [-0.05, 0) is 66.1 Å². The van der Waals surface area contributed by atoms with Gasteiger partial charge in [0.1, 0.15) is 12.1 Å². The summed E-state index contributed by atoms with van der Waals surface area (Å²) in [7, 11) is -2.04. The lowest BCUT2D eigenvalue weighted by Crippen LogP contribution is -2.63. The van der Waals surface area contributed by atoms with E-state index in [-0.39, 0.29) is 35.6 Å². The summed E-state index contributed by atoms with van der Waals surface area (Å²) in [4.78, 5) is 69.7. The first-order chi connectivity index (χ1) is 23.1. The van der Waals surface area contributed by atoms with Gasteiger partial charge >= 0.3 is 6.03 Å². The van der Waals surface area contributed by atoms with Crippen LogP contribution in [0.15, 0.2) is 0 Å². The van der Waals surface area contributed by atoms with Crippen LogP contribution in [0.3, 0.4) is 0 Å². The Bertz CT molecular complexity index is 1410. The van der Waals surface area contributed by atoms with Crippen LogP contribution < -0.4 is 21.7 Å². The van der Waals surface area contributed by atoms with Gasteiger partial charge in [0, 0.05) is 26.2 Å². The highest BCUT2D eigenvalue weighted by Gasteiger charge is 2.58. The van der Waals surface area contributed by atoms with Crippen molar-refractivity contribution in [1.29, 1.82) is 0 Å². The lowest BCUT2D eigenvalue weighted by Gasteiger charge is -2.43. The zero-order chi connectivity index (χ0) is 37.4. The first kappa shape index (κ1) is 40.0. The topological polar surface area (TPSA) is 188 Å². The van der Waals surface area contributed by atoms with Crippen LogP contribution in [-0.4, -0.2) is 97.7 Å². The number of nitrogens with zero attached hydrogens (tertiary/aromatic N) is 2.